The Morgan fingerprint density at radius 3 is 2.52 bits per heavy atom. The lowest BCUT2D eigenvalue weighted by Gasteiger charge is -2.34. The van der Waals surface area contributed by atoms with Crippen LogP contribution in [0, 0.1) is 23.7 Å². The lowest BCUT2D eigenvalue weighted by molar-refractivity contribution is -0.143. The van der Waals surface area contributed by atoms with Gasteiger partial charge in [-0.1, -0.05) is 73.2 Å². The average Bonchev–Trinajstić information content (AvgIpc) is 3.53. The number of amides is 3. The van der Waals surface area contributed by atoms with E-state index in [1.807, 2.05) is 66.7 Å². The molecule has 2 aromatic carbocycles. The molecule has 0 radical (unpaired) electrons. The van der Waals surface area contributed by atoms with Crippen LogP contribution >= 0.6 is 0 Å². The number of aliphatic hydroxyl groups excluding tert-OH is 1. The lowest BCUT2D eigenvalue weighted by atomic mass is 9.68. The van der Waals surface area contributed by atoms with Crippen LogP contribution in [0.3, 0.4) is 0 Å². The SMILES string of the molecule is CCC[C@@H]1C=C[C@H]2[C@H](C(=O)N([C@@H](CO)Cc3ccccc3)[C@@H]2C(=O)NCn2nnc3ccccc32)[C@@H]1C(=O)NC. The van der Waals surface area contributed by atoms with Crippen LogP contribution in [0.4, 0.5) is 0 Å². The number of likely N-dealkylation sites (tertiary alicyclic amines) is 1. The van der Waals surface area contributed by atoms with Crippen LogP contribution in [-0.2, 0) is 27.5 Å². The molecule has 1 fully saturated rings. The van der Waals surface area contributed by atoms with E-state index in [4.69, 9.17) is 0 Å². The van der Waals surface area contributed by atoms with Crippen LogP contribution < -0.4 is 10.6 Å². The largest absolute Gasteiger partial charge is 0.394 e. The number of hydrogen-bond donors (Lipinski definition) is 3. The van der Waals surface area contributed by atoms with Crippen LogP contribution in [0.5, 0.6) is 0 Å². The van der Waals surface area contributed by atoms with Gasteiger partial charge in [0.1, 0.15) is 18.2 Å². The Labute approximate surface area is 233 Å². The molecule has 210 valence electrons. The Morgan fingerprint density at radius 2 is 1.80 bits per heavy atom. The minimum absolute atomic E-state index is 0.0682. The lowest BCUT2D eigenvalue weighted by Crippen LogP contribution is -2.53. The monoisotopic (exact) mass is 544 g/mol. The molecule has 2 aliphatic rings. The number of benzene rings is 2. The molecule has 1 aliphatic heterocycles. The molecule has 3 N–H and O–H groups in total. The predicted octanol–water partition coefficient (Wildman–Crippen LogP) is 1.90. The van der Waals surface area contributed by atoms with Crippen LogP contribution in [-0.4, -0.2) is 68.5 Å². The van der Waals surface area contributed by atoms with Crippen molar-refractivity contribution in [3.63, 3.8) is 0 Å². The van der Waals surface area contributed by atoms with E-state index in [0.717, 1.165) is 23.9 Å². The number of rotatable bonds is 10. The first-order chi connectivity index (χ1) is 19.5. The number of hydrogen-bond acceptors (Lipinski definition) is 6. The van der Waals surface area contributed by atoms with Gasteiger partial charge in [0.2, 0.25) is 17.7 Å². The quantitative estimate of drug-likeness (QED) is 0.335. The van der Waals surface area contributed by atoms with Crippen molar-refractivity contribution in [3.8, 4) is 0 Å². The minimum atomic E-state index is -0.890. The summed E-state index contributed by atoms with van der Waals surface area (Å²) in [6, 6.07) is 15.5. The highest BCUT2D eigenvalue weighted by Gasteiger charge is 2.58. The van der Waals surface area contributed by atoms with Gasteiger partial charge < -0.3 is 20.6 Å². The van der Waals surface area contributed by atoms with Gasteiger partial charge in [-0.3, -0.25) is 14.4 Å². The Kier molecular flexibility index (Phi) is 8.25. The van der Waals surface area contributed by atoms with Gasteiger partial charge in [-0.15, -0.1) is 5.10 Å². The van der Waals surface area contributed by atoms with Crippen LogP contribution in [0.15, 0.2) is 66.7 Å². The van der Waals surface area contributed by atoms with Crippen molar-refractivity contribution >= 4 is 28.8 Å². The zero-order valence-electron chi connectivity index (χ0n) is 22.8. The molecule has 1 saturated heterocycles. The van der Waals surface area contributed by atoms with Crippen LogP contribution in [0.25, 0.3) is 11.0 Å². The van der Waals surface area contributed by atoms with E-state index in [0.29, 0.717) is 11.9 Å². The van der Waals surface area contributed by atoms with Crippen molar-refractivity contribution in [3.05, 3.63) is 72.3 Å². The average molecular weight is 545 g/mol. The first-order valence-electron chi connectivity index (χ1n) is 13.9. The summed E-state index contributed by atoms with van der Waals surface area (Å²) in [7, 11) is 1.58. The second kappa shape index (κ2) is 12.0. The third-order valence-electron chi connectivity index (χ3n) is 8.23. The Morgan fingerprint density at radius 1 is 1.05 bits per heavy atom. The number of nitrogens with one attached hydrogen (secondary N) is 2. The predicted molar refractivity (Wildman–Crippen MR) is 149 cm³/mol. The zero-order valence-corrected chi connectivity index (χ0v) is 22.8. The first kappa shape index (κ1) is 27.5. The summed E-state index contributed by atoms with van der Waals surface area (Å²) in [6.07, 6.45) is 5.94. The number of aromatic nitrogens is 3. The number of carbonyl (C=O) groups excluding carboxylic acids is 3. The van der Waals surface area contributed by atoms with Crippen molar-refractivity contribution in [2.75, 3.05) is 13.7 Å². The van der Waals surface area contributed by atoms with Crippen molar-refractivity contribution in [1.82, 2.24) is 30.5 Å². The zero-order chi connectivity index (χ0) is 28.2. The molecule has 0 bridgehead atoms. The van der Waals surface area contributed by atoms with Gasteiger partial charge in [0, 0.05) is 13.0 Å². The molecule has 6 atom stereocenters. The summed E-state index contributed by atoms with van der Waals surface area (Å²) in [6.45, 7) is 1.80. The maximum Gasteiger partial charge on any atom is 0.244 e. The van der Waals surface area contributed by atoms with E-state index in [-0.39, 0.29) is 36.9 Å². The molecule has 3 aromatic rings. The summed E-state index contributed by atoms with van der Waals surface area (Å²) in [5, 5.41) is 24.5. The molecule has 0 unspecified atom stereocenters. The first-order valence-corrected chi connectivity index (χ1v) is 13.9. The maximum absolute atomic E-state index is 14.2. The molecule has 1 aliphatic carbocycles. The molecule has 3 amide bonds. The van der Waals surface area contributed by atoms with E-state index < -0.39 is 29.8 Å². The molecule has 40 heavy (non-hydrogen) atoms. The van der Waals surface area contributed by atoms with Gasteiger partial charge in [-0.25, -0.2) is 4.68 Å². The fraction of sp³-hybridized carbons (Fsp3) is 0.433. The Hall–Kier alpha value is -4.05. The minimum Gasteiger partial charge on any atom is -0.394 e. The van der Waals surface area contributed by atoms with Gasteiger partial charge in [-0.2, -0.15) is 0 Å². The van der Waals surface area contributed by atoms with E-state index in [9.17, 15) is 19.5 Å². The second-order valence-electron chi connectivity index (χ2n) is 10.6. The van der Waals surface area contributed by atoms with E-state index in [1.54, 1.807) is 11.7 Å². The summed E-state index contributed by atoms with van der Waals surface area (Å²) in [5.41, 5.74) is 2.43. The smallest absolute Gasteiger partial charge is 0.244 e. The van der Waals surface area contributed by atoms with Gasteiger partial charge in [0.25, 0.3) is 0 Å². The molecular formula is C30H36N6O4. The number of aliphatic hydroxyl groups is 1. The molecule has 10 nitrogen and oxygen atoms in total. The number of carbonyl (C=O) groups is 3. The van der Waals surface area contributed by atoms with Crippen molar-refractivity contribution in [2.24, 2.45) is 23.7 Å². The number of para-hydroxylation sites is 1. The molecule has 5 rings (SSSR count). The topological polar surface area (TPSA) is 129 Å². The number of allylic oxidation sites excluding steroid dienone is 1. The number of fused-ring (bicyclic) bond motifs is 2. The van der Waals surface area contributed by atoms with E-state index in [1.165, 1.54) is 4.90 Å². The van der Waals surface area contributed by atoms with Crippen molar-refractivity contribution in [2.45, 2.75) is 44.9 Å². The van der Waals surface area contributed by atoms with Crippen molar-refractivity contribution in [1.29, 1.82) is 0 Å². The van der Waals surface area contributed by atoms with Crippen LogP contribution in [0.1, 0.15) is 25.3 Å². The van der Waals surface area contributed by atoms with Crippen LogP contribution in [0.2, 0.25) is 0 Å². The standard InChI is InChI=1S/C30H36N6O4/c1-3-9-20-14-15-22-26(25(20)28(38)31-2)30(40)36(21(17-37)16-19-10-5-4-6-11-19)27(22)29(39)32-18-35-24-13-8-7-12-23(24)33-34-35/h4-8,10-15,20-22,25-27,37H,3,9,16-18H2,1-2H3,(H,31,38)(H,32,39)/t20-,21-,22+,25-,26+,27+/m1/s1. The second-order valence-corrected chi connectivity index (χ2v) is 10.6. The molecular weight excluding hydrogens is 508 g/mol. The summed E-state index contributed by atoms with van der Waals surface area (Å²) >= 11 is 0. The Balaban J connectivity index is 1.49. The molecule has 2 heterocycles. The fourth-order valence-electron chi connectivity index (χ4n) is 6.40. The van der Waals surface area contributed by atoms with E-state index >= 15 is 0 Å². The third-order valence-corrected chi connectivity index (χ3v) is 8.23. The van der Waals surface area contributed by atoms with Crippen molar-refractivity contribution < 1.29 is 19.5 Å². The van der Waals surface area contributed by atoms with Gasteiger partial charge >= 0.3 is 0 Å². The molecule has 1 aromatic heterocycles. The molecule has 0 spiro atoms. The third kappa shape index (κ3) is 5.11. The van der Waals surface area contributed by atoms with E-state index in [2.05, 4.69) is 27.9 Å². The van der Waals surface area contributed by atoms with Gasteiger partial charge in [0.05, 0.1) is 30.0 Å². The highest BCUT2D eigenvalue weighted by atomic mass is 16.3. The summed E-state index contributed by atoms with van der Waals surface area (Å²) in [5.74, 6) is -2.75. The Bertz CT molecular complexity index is 1390. The highest BCUT2D eigenvalue weighted by molar-refractivity contribution is 5.97. The molecule has 10 heteroatoms. The number of nitrogens with zero attached hydrogens (tertiary/aromatic N) is 4. The molecule has 0 saturated carbocycles. The van der Waals surface area contributed by atoms with Gasteiger partial charge in [-0.05, 0) is 36.5 Å². The fourth-order valence-corrected chi connectivity index (χ4v) is 6.40. The maximum atomic E-state index is 14.2. The summed E-state index contributed by atoms with van der Waals surface area (Å²) < 4.78 is 1.60. The van der Waals surface area contributed by atoms with Gasteiger partial charge in [0.15, 0.2) is 0 Å². The normalized spacial score (nSPS) is 24.6. The summed E-state index contributed by atoms with van der Waals surface area (Å²) in [4.78, 5) is 42.9. The highest BCUT2D eigenvalue weighted by Crippen LogP contribution is 2.46.